The summed E-state index contributed by atoms with van der Waals surface area (Å²) in [6, 6.07) is 10.5. The maximum absolute atomic E-state index is 7.56. The zero-order valence-electron chi connectivity index (χ0n) is 13.0. The topological polar surface area (TPSA) is 92.5 Å². The SMILES string of the molecule is CC.CC.CCc1ccccc1.NC(O)=S.NC(O)=S. The minimum atomic E-state index is -0.500. The highest BCUT2D eigenvalue weighted by atomic mass is 32.1. The first-order valence-corrected chi connectivity index (χ1v) is 7.22. The fourth-order valence-electron chi connectivity index (χ4n) is 0.714. The monoisotopic (exact) mass is 320 g/mol. The van der Waals surface area contributed by atoms with Gasteiger partial charge in [0.15, 0.2) is 0 Å². The molecule has 0 spiro atoms. The van der Waals surface area contributed by atoms with Crippen molar-refractivity contribution in [1.82, 2.24) is 0 Å². The Labute approximate surface area is 133 Å². The molecule has 118 valence electrons. The molecule has 20 heavy (non-hydrogen) atoms. The maximum atomic E-state index is 7.56. The maximum Gasteiger partial charge on any atom is 0.251 e. The van der Waals surface area contributed by atoms with Crippen LogP contribution in [0.2, 0.25) is 0 Å². The van der Waals surface area contributed by atoms with E-state index in [1.807, 2.05) is 33.8 Å². The summed E-state index contributed by atoms with van der Waals surface area (Å²) in [7, 11) is 0. The van der Waals surface area contributed by atoms with Crippen LogP contribution >= 0.6 is 24.4 Å². The number of benzene rings is 1. The van der Waals surface area contributed by atoms with Gasteiger partial charge in [0.1, 0.15) is 0 Å². The summed E-state index contributed by atoms with van der Waals surface area (Å²) in [6.07, 6.45) is 1.14. The molecule has 0 unspecified atom stereocenters. The number of aryl methyl sites for hydroxylation is 1. The Morgan fingerprint density at radius 3 is 1.30 bits per heavy atom. The van der Waals surface area contributed by atoms with Crippen molar-refractivity contribution in [3.05, 3.63) is 35.9 Å². The first-order valence-electron chi connectivity index (χ1n) is 6.40. The Balaban J connectivity index is -0.0000000922. The molecule has 0 aromatic heterocycles. The van der Waals surface area contributed by atoms with Crippen molar-refractivity contribution in [3.63, 3.8) is 0 Å². The molecule has 1 rings (SSSR count). The number of nitrogens with two attached hydrogens (primary N) is 2. The van der Waals surface area contributed by atoms with Gasteiger partial charge in [-0.1, -0.05) is 65.0 Å². The van der Waals surface area contributed by atoms with Gasteiger partial charge in [0, 0.05) is 0 Å². The molecule has 0 bridgehead atoms. The van der Waals surface area contributed by atoms with Crippen LogP contribution in [-0.2, 0) is 6.42 Å². The van der Waals surface area contributed by atoms with Crippen molar-refractivity contribution in [1.29, 1.82) is 0 Å². The number of hydrogen-bond donors (Lipinski definition) is 4. The van der Waals surface area contributed by atoms with Crippen LogP contribution < -0.4 is 11.5 Å². The smallest absolute Gasteiger partial charge is 0.251 e. The normalized spacial score (nSPS) is 6.65. The fourth-order valence-corrected chi connectivity index (χ4v) is 0.714. The molecule has 0 saturated carbocycles. The zero-order valence-corrected chi connectivity index (χ0v) is 14.6. The van der Waals surface area contributed by atoms with Gasteiger partial charge < -0.3 is 21.7 Å². The van der Waals surface area contributed by atoms with Gasteiger partial charge in [0.05, 0.1) is 0 Å². The van der Waals surface area contributed by atoms with Crippen LogP contribution in [0.4, 0.5) is 0 Å². The van der Waals surface area contributed by atoms with Crippen molar-refractivity contribution >= 4 is 34.8 Å². The molecule has 4 nitrogen and oxygen atoms in total. The van der Waals surface area contributed by atoms with E-state index in [0.29, 0.717) is 0 Å². The Hall–Kier alpha value is -1.40. The lowest BCUT2D eigenvalue weighted by atomic mass is 10.2. The van der Waals surface area contributed by atoms with Crippen LogP contribution in [0.5, 0.6) is 0 Å². The van der Waals surface area contributed by atoms with E-state index in [4.69, 9.17) is 10.2 Å². The molecule has 0 aliphatic heterocycles. The van der Waals surface area contributed by atoms with Gasteiger partial charge in [0.25, 0.3) is 10.3 Å². The van der Waals surface area contributed by atoms with Crippen LogP contribution in [0.25, 0.3) is 0 Å². The van der Waals surface area contributed by atoms with Crippen LogP contribution in [0, 0.1) is 0 Å². The summed E-state index contributed by atoms with van der Waals surface area (Å²) in [5.74, 6) is 0. The van der Waals surface area contributed by atoms with Crippen LogP contribution in [0.1, 0.15) is 40.2 Å². The first kappa shape index (κ1) is 27.0. The van der Waals surface area contributed by atoms with Gasteiger partial charge >= 0.3 is 0 Å². The van der Waals surface area contributed by atoms with Crippen LogP contribution in [0.3, 0.4) is 0 Å². The highest BCUT2D eigenvalue weighted by Crippen LogP contribution is 1.96. The molecule has 0 saturated heterocycles. The molecule has 0 radical (unpaired) electrons. The molecule has 1 aromatic carbocycles. The molecule has 0 heterocycles. The summed E-state index contributed by atoms with van der Waals surface area (Å²) < 4.78 is 0. The van der Waals surface area contributed by atoms with E-state index in [1.165, 1.54) is 5.56 Å². The average molecular weight is 321 g/mol. The predicted octanol–water partition coefficient (Wildman–Crippen LogP) is 3.88. The lowest BCUT2D eigenvalue weighted by molar-refractivity contribution is 0.559. The second-order valence-corrected chi connectivity index (χ2v) is 3.35. The average Bonchev–Trinajstić information content (AvgIpc) is 2.43. The lowest BCUT2D eigenvalue weighted by Crippen LogP contribution is -2.03. The van der Waals surface area contributed by atoms with E-state index in [0.717, 1.165) is 6.42 Å². The third-order valence-corrected chi connectivity index (χ3v) is 1.25. The lowest BCUT2D eigenvalue weighted by Gasteiger charge is -1.89. The quantitative estimate of drug-likeness (QED) is 0.587. The highest BCUT2D eigenvalue weighted by molar-refractivity contribution is 7.80. The standard InChI is InChI=1S/C8H10.2C2H6.2CH3NOS/c1-2-8-6-4-3-5-7-8;2*1-2;2*2-1(3)4/h3-7H,2H2,1H3;2*1-2H3;2*(H3,2,3,4). The van der Waals surface area contributed by atoms with Crippen LogP contribution in [-0.4, -0.2) is 20.6 Å². The molecule has 0 atom stereocenters. The molecule has 0 aliphatic rings. The summed E-state index contributed by atoms with van der Waals surface area (Å²) >= 11 is 7.74. The third kappa shape index (κ3) is 54.6. The molecule has 0 aliphatic carbocycles. The first-order chi connectivity index (χ1) is 9.40. The van der Waals surface area contributed by atoms with Gasteiger partial charge in [-0.05, 0) is 36.4 Å². The Bertz CT molecular complexity index is 287. The van der Waals surface area contributed by atoms with E-state index in [2.05, 4.69) is 67.1 Å². The molecule has 6 heteroatoms. The molecule has 0 amide bonds. The summed E-state index contributed by atoms with van der Waals surface area (Å²) in [6.45, 7) is 10.2. The van der Waals surface area contributed by atoms with E-state index >= 15 is 0 Å². The minimum Gasteiger partial charge on any atom is -0.487 e. The van der Waals surface area contributed by atoms with E-state index in [-0.39, 0.29) is 0 Å². The van der Waals surface area contributed by atoms with Crippen molar-refractivity contribution < 1.29 is 10.2 Å². The number of aliphatic hydroxyl groups excluding tert-OH is 2. The molecule has 0 fully saturated rings. The van der Waals surface area contributed by atoms with Gasteiger partial charge in [-0.2, -0.15) is 0 Å². The number of hydrogen-bond acceptors (Lipinski definition) is 2. The van der Waals surface area contributed by atoms with Gasteiger partial charge in [0.2, 0.25) is 0 Å². The van der Waals surface area contributed by atoms with Gasteiger partial charge in [-0.3, -0.25) is 0 Å². The molecular weight excluding hydrogens is 292 g/mol. The summed E-state index contributed by atoms with van der Waals surface area (Å²) in [5, 5.41) is 14.1. The van der Waals surface area contributed by atoms with E-state index in [1.54, 1.807) is 0 Å². The summed E-state index contributed by atoms with van der Waals surface area (Å²) in [5.41, 5.74) is 10.2. The molecule has 1 aromatic rings. The second-order valence-electron chi connectivity index (χ2n) is 2.52. The van der Waals surface area contributed by atoms with E-state index < -0.39 is 10.3 Å². The number of thiocarbonyl (C=S) groups is 2. The third-order valence-electron chi connectivity index (χ3n) is 1.25. The number of rotatable bonds is 1. The second kappa shape index (κ2) is 26.2. The molecule has 6 N–H and O–H groups in total. The number of aliphatic hydroxyl groups is 2. The Morgan fingerprint density at radius 1 is 0.900 bits per heavy atom. The largest absolute Gasteiger partial charge is 0.487 e. The van der Waals surface area contributed by atoms with Crippen molar-refractivity contribution in [3.8, 4) is 0 Å². The Morgan fingerprint density at radius 2 is 1.15 bits per heavy atom. The van der Waals surface area contributed by atoms with Crippen molar-refractivity contribution in [2.24, 2.45) is 11.5 Å². The highest BCUT2D eigenvalue weighted by Gasteiger charge is 1.79. The Kier molecular flexibility index (Phi) is 35.4. The van der Waals surface area contributed by atoms with Gasteiger partial charge in [-0.25, -0.2) is 0 Å². The summed E-state index contributed by atoms with van der Waals surface area (Å²) in [4.78, 5) is 0. The minimum absolute atomic E-state index is 0.500. The van der Waals surface area contributed by atoms with Crippen molar-refractivity contribution in [2.45, 2.75) is 41.0 Å². The van der Waals surface area contributed by atoms with Crippen molar-refractivity contribution in [2.75, 3.05) is 0 Å². The predicted molar refractivity (Wildman–Crippen MR) is 97.3 cm³/mol. The van der Waals surface area contributed by atoms with E-state index in [9.17, 15) is 0 Å². The van der Waals surface area contributed by atoms with Gasteiger partial charge in [-0.15, -0.1) is 0 Å². The zero-order chi connectivity index (χ0) is 17.0. The fraction of sp³-hybridized carbons (Fsp3) is 0.429. The van der Waals surface area contributed by atoms with Crippen LogP contribution in [0.15, 0.2) is 30.3 Å². The molecular formula is C14H28N2O2S2.